The lowest BCUT2D eigenvalue weighted by atomic mass is 10.0. The van der Waals surface area contributed by atoms with E-state index in [1.807, 2.05) is 91.0 Å². The molecule has 0 fully saturated rings. The number of anilines is 3. The molecule has 0 aliphatic carbocycles. The van der Waals surface area contributed by atoms with Crippen molar-refractivity contribution in [1.82, 2.24) is 5.32 Å². The van der Waals surface area contributed by atoms with Crippen LogP contribution >= 0.6 is 0 Å². The Hall–Kier alpha value is -4.12. The summed E-state index contributed by atoms with van der Waals surface area (Å²) in [5.74, 6) is -0.580. The fraction of sp³-hybridized carbons (Fsp3) is 0.0400. The molecule has 5 heteroatoms. The molecular weight excluding hydrogens is 374 g/mol. The fourth-order valence-electron chi connectivity index (χ4n) is 3.25. The van der Waals surface area contributed by atoms with Gasteiger partial charge in [-0.2, -0.15) is 0 Å². The molecule has 2 amide bonds. The maximum absolute atomic E-state index is 12.6. The lowest BCUT2D eigenvalue weighted by Crippen LogP contribution is -2.33. The molecule has 0 atom stereocenters. The number of hydrogen-bond acceptors (Lipinski definition) is 3. The highest BCUT2D eigenvalue weighted by Gasteiger charge is 2.12. The second-order valence-corrected chi connectivity index (χ2v) is 6.79. The molecule has 3 N–H and O–H groups in total. The van der Waals surface area contributed by atoms with Crippen LogP contribution in [0.3, 0.4) is 0 Å². The molecule has 0 spiro atoms. The highest BCUT2D eigenvalue weighted by Crippen LogP contribution is 2.25. The van der Waals surface area contributed by atoms with Gasteiger partial charge in [0.25, 0.3) is 5.91 Å². The first-order valence-electron chi connectivity index (χ1n) is 9.67. The zero-order valence-electron chi connectivity index (χ0n) is 16.3. The van der Waals surface area contributed by atoms with Crippen LogP contribution in [0.25, 0.3) is 10.8 Å². The molecule has 0 aromatic heterocycles. The van der Waals surface area contributed by atoms with Gasteiger partial charge in [0.1, 0.15) is 0 Å². The third kappa shape index (κ3) is 4.47. The molecule has 0 saturated heterocycles. The predicted octanol–water partition coefficient (Wildman–Crippen LogP) is 4.95. The van der Waals surface area contributed by atoms with Crippen LogP contribution < -0.4 is 16.0 Å². The Morgan fingerprint density at radius 3 is 2.17 bits per heavy atom. The standard InChI is InChI=1S/C25H21N3O2/c29-24(17-26-25(30)21-14-8-10-18-9-4-5-13-20(18)21)28-23-16-7-6-15-22(23)27-19-11-2-1-3-12-19/h1-16,27H,17H2,(H,26,30)(H,28,29). The number of fused-ring (bicyclic) bond motifs is 1. The Bertz CT molecular complexity index is 1180. The molecule has 0 unspecified atom stereocenters. The lowest BCUT2D eigenvalue weighted by Gasteiger charge is -2.13. The van der Waals surface area contributed by atoms with Crippen LogP contribution in [0, 0.1) is 0 Å². The number of para-hydroxylation sites is 3. The van der Waals surface area contributed by atoms with E-state index < -0.39 is 0 Å². The van der Waals surface area contributed by atoms with Crippen molar-refractivity contribution < 1.29 is 9.59 Å². The van der Waals surface area contributed by atoms with Gasteiger partial charge >= 0.3 is 0 Å². The van der Waals surface area contributed by atoms with Gasteiger partial charge in [-0.3, -0.25) is 9.59 Å². The Labute approximate surface area is 174 Å². The third-order valence-electron chi connectivity index (χ3n) is 4.70. The van der Waals surface area contributed by atoms with Crippen molar-refractivity contribution >= 4 is 39.6 Å². The Balaban J connectivity index is 1.41. The van der Waals surface area contributed by atoms with Gasteiger partial charge in [0.2, 0.25) is 5.91 Å². The summed E-state index contributed by atoms with van der Waals surface area (Å²) in [5.41, 5.74) is 2.89. The molecule has 0 saturated carbocycles. The van der Waals surface area contributed by atoms with E-state index in [-0.39, 0.29) is 18.4 Å². The van der Waals surface area contributed by atoms with Crippen LogP contribution in [0.2, 0.25) is 0 Å². The van der Waals surface area contributed by atoms with Crippen molar-refractivity contribution in [3.8, 4) is 0 Å². The van der Waals surface area contributed by atoms with Gasteiger partial charge in [-0.15, -0.1) is 0 Å². The summed E-state index contributed by atoms with van der Waals surface area (Å²) in [5, 5.41) is 10.7. The summed E-state index contributed by atoms with van der Waals surface area (Å²) in [6, 6.07) is 30.4. The highest BCUT2D eigenvalue weighted by molar-refractivity contribution is 6.08. The predicted molar refractivity (Wildman–Crippen MR) is 121 cm³/mol. The monoisotopic (exact) mass is 395 g/mol. The van der Waals surface area contributed by atoms with Gasteiger partial charge in [-0.25, -0.2) is 0 Å². The summed E-state index contributed by atoms with van der Waals surface area (Å²) >= 11 is 0. The van der Waals surface area contributed by atoms with Crippen molar-refractivity contribution in [2.45, 2.75) is 0 Å². The van der Waals surface area contributed by atoms with E-state index in [0.717, 1.165) is 22.1 Å². The summed E-state index contributed by atoms with van der Waals surface area (Å²) in [4.78, 5) is 25.1. The van der Waals surface area contributed by atoms with Crippen LogP contribution in [0.5, 0.6) is 0 Å². The molecule has 0 heterocycles. The van der Waals surface area contributed by atoms with Crippen molar-refractivity contribution in [2.75, 3.05) is 17.2 Å². The normalized spacial score (nSPS) is 10.4. The number of rotatable bonds is 6. The van der Waals surface area contributed by atoms with E-state index >= 15 is 0 Å². The number of nitrogens with one attached hydrogen (secondary N) is 3. The minimum atomic E-state index is -0.300. The molecule has 4 aromatic rings. The Morgan fingerprint density at radius 2 is 1.33 bits per heavy atom. The quantitative estimate of drug-likeness (QED) is 0.433. The number of amides is 2. The Kier molecular flexibility index (Phi) is 5.71. The number of carbonyl (C=O) groups is 2. The molecule has 5 nitrogen and oxygen atoms in total. The molecule has 0 aliphatic rings. The molecule has 4 aromatic carbocycles. The van der Waals surface area contributed by atoms with Gasteiger partial charge in [-0.1, -0.05) is 66.7 Å². The van der Waals surface area contributed by atoms with Gasteiger partial charge in [0, 0.05) is 11.3 Å². The average Bonchev–Trinajstić information content (AvgIpc) is 2.79. The van der Waals surface area contributed by atoms with Crippen molar-refractivity contribution in [1.29, 1.82) is 0 Å². The smallest absolute Gasteiger partial charge is 0.252 e. The number of carbonyl (C=O) groups excluding carboxylic acids is 2. The van der Waals surface area contributed by atoms with Gasteiger partial charge in [0.05, 0.1) is 17.9 Å². The van der Waals surface area contributed by atoms with Gasteiger partial charge in [0.15, 0.2) is 0 Å². The van der Waals surface area contributed by atoms with Gasteiger partial charge in [-0.05, 0) is 41.1 Å². The molecular formula is C25H21N3O2. The fourth-order valence-corrected chi connectivity index (χ4v) is 3.25. The number of hydrogen-bond donors (Lipinski definition) is 3. The van der Waals surface area contributed by atoms with E-state index in [1.54, 1.807) is 6.07 Å². The molecule has 0 radical (unpaired) electrons. The van der Waals surface area contributed by atoms with Crippen molar-refractivity contribution in [3.63, 3.8) is 0 Å². The number of benzene rings is 4. The summed E-state index contributed by atoms with van der Waals surface area (Å²) in [6.07, 6.45) is 0. The molecule has 0 aliphatic heterocycles. The maximum atomic E-state index is 12.6. The van der Waals surface area contributed by atoms with Crippen molar-refractivity contribution in [2.24, 2.45) is 0 Å². The van der Waals surface area contributed by atoms with Crippen LogP contribution in [0.4, 0.5) is 17.1 Å². The minimum Gasteiger partial charge on any atom is -0.354 e. The van der Waals surface area contributed by atoms with E-state index in [1.165, 1.54) is 0 Å². The van der Waals surface area contributed by atoms with E-state index in [9.17, 15) is 9.59 Å². The molecule has 30 heavy (non-hydrogen) atoms. The van der Waals surface area contributed by atoms with Crippen LogP contribution in [-0.4, -0.2) is 18.4 Å². The van der Waals surface area contributed by atoms with Crippen molar-refractivity contribution in [3.05, 3.63) is 103 Å². The third-order valence-corrected chi connectivity index (χ3v) is 4.70. The van der Waals surface area contributed by atoms with Crippen LogP contribution in [0.1, 0.15) is 10.4 Å². The zero-order valence-corrected chi connectivity index (χ0v) is 16.3. The first kappa shape index (κ1) is 19.2. The largest absolute Gasteiger partial charge is 0.354 e. The Morgan fingerprint density at radius 1 is 0.667 bits per heavy atom. The van der Waals surface area contributed by atoms with E-state index in [2.05, 4.69) is 16.0 Å². The van der Waals surface area contributed by atoms with E-state index in [4.69, 9.17) is 0 Å². The van der Waals surface area contributed by atoms with Gasteiger partial charge < -0.3 is 16.0 Å². The molecule has 4 rings (SSSR count). The lowest BCUT2D eigenvalue weighted by molar-refractivity contribution is -0.115. The summed E-state index contributed by atoms with van der Waals surface area (Å²) < 4.78 is 0. The first-order valence-corrected chi connectivity index (χ1v) is 9.67. The second kappa shape index (κ2) is 8.92. The van der Waals surface area contributed by atoms with Crippen LogP contribution in [0.15, 0.2) is 97.1 Å². The van der Waals surface area contributed by atoms with Crippen LogP contribution in [-0.2, 0) is 4.79 Å². The minimum absolute atomic E-state index is 0.123. The average molecular weight is 395 g/mol. The second-order valence-electron chi connectivity index (χ2n) is 6.79. The highest BCUT2D eigenvalue weighted by atomic mass is 16.2. The zero-order chi connectivity index (χ0) is 20.8. The first-order chi connectivity index (χ1) is 14.7. The topological polar surface area (TPSA) is 70.2 Å². The van der Waals surface area contributed by atoms with E-state index in [0.29, 0.717) is 11.3 Å². The molecule has 148 valence electrons. The summed E-state index contributed by atoms with van der Waals surface area (Å²) in [7, 11) is 0. The summed E-state index contributed by atoms with van der Waals surface area (Å²) in [6.45, 7) is -0.123. The molecule has 0 bridgehead atoms. The SMILES string of the molecule is O=C(CNC(=O)c1cccc2ccccc12)Nc1ccccc1Nc1ccccc1. The maximum Gasteiger partial charge on any atom is 0.252 e.